The van der Waals surface area contributed by atoms with Crippen molar-refractivity contribution in [2.24, 2.45) is 5.73 Å². The molecule has 5 heteroatoms. The van der Waals surface area contributed by atoms with Crippen LogP contribution in [0, 0.1) is 0 Å². The van der Waals surface area contributed by atoms with Crippen LogP contribution in [0.4, 0.5) is 4.79 Å². The van der Waals surface area contributed by atoms with Gasteiger partial charge in [-0.25, -0.2) is 4.79 Å². The van der Waals surface area contributed by atoms with Crippen LogP contribution in [0.5, 0.6) is 0 Å². The van der Waals surface area contributed by atoms with Gasteiger partial charge in [-0.05, 0) is 33.6 Å². The molecule has 94 valence electrons. The highest BCUT2D eigenvalue weighted by Gasteiger charge is 2.30. The summed E-state index contributed by atoms with van der Waals surface area (Å²) in [6.45, 7) is 7.07. The van der Waals surface area contributed by atoms with E-state index in [1.807, 2.05) is 20.8 Å². The predicted molar refractivity (Wildman–Crippen MR) is 63.2 cm³/mol. The molecule has 1 amide bonds. The van der Waals surface area contributed by atoms with Crippen LogP contribution in [0.3, 0.4) is 0 Å². The standard InChI is InChI=1S/C11H23N3O2/c1-11(2,3)16-10(15)14-9-6-8(7-9)13-5-4-12/h8-9,13H,4-7,12H2,1-3H3,(H,14,15). The molecule has 0 spiro atoms. The molecule has 0 aromatic carbocycles. The quantitative estimate of drug-likeness (QED) is 0.659. The van der Waals surface area contributed by atoms with E-state index in [-0.39, 0.29) is 12.1 Å². The number of ether oxygens (including phenoxy) is 1. The fraction of sp³-hybridized carbons (Fsp3) is 0.909. The second kappa shape index (κ2) is 5.50. The van der Waals surface area contributed by atoms with Gasteiger partial charge in [0.25, 0.3) is 0 Å². The molecule has 1 saturated carbocycles. The molecule has 1 rings (SSSR count). The lowest BCUT2D eigenvalue weighted by molar-refractivity contribution is 0.0466. The second-order valence-electron chi connectivity index (χ2n) is 5.25. The molecule has 0 atom stereocenters. The highest BCUT2D eigenvalue weighted by atomic mass is 16.6. The summed E-state index contributed by atoms with van der Waals surface area (Å²) in [6.07, 6.45) is 1.59. The molecule has 0 radical (unpaired) electrons. The van der Waals surface area contributed by atoms with Gasteiger partial charge in [0.1, 0.15) is 5.60 Å². The number of hydrogen-bond donors (Lipinski definition) is 3. The molecule has 0 heterocycles. The van der Waals surface area contributed by atoms with E-state index in [0.717, 1.165) is 19.4 Å². The van der Waals surface area contributed by atoms with E-state index in [9.17, 15) is 4.79 Å². The monoisotopic (exact) mass is 229 g/mol. The number of amides is 1. The maximum absolute atomic E-state index is 11.4. The lowest BCUT2D eigenvalue weighted by Gasteiger charge is -2.36. The number of nitrogens with two attached hydrogens (primary N) is 1. The highest BCUT2D eigenvalue weighted by Crippen LogP contribution is 2.20. The van der Waals surface area contributed by atoms with Crippen LogP contribution in [0.2, 0.25) is 0 Å². The van der Waals surface area contributed by atoms with Gasteiger partial charge < -0.3 is 21.1 Å². The number of nitrogens with one attached hydrogen (secondary N) is 2. The zero-order valence-electron chi connectivity index (χ0n) is 10.4. The Kier molecular flexibility index (Phi) is 4.56. The molecule has 0 aliphatic heterocycles. The van der Waals surface area contributed by atoms with Crippen molar-refractivity contribution >= 4 is 6.09 Å². The largest absolute Gasteiger partial charge is 0.444 e. The third kappa shape index (κ3) is 4.81. The van der Waals surface area contributed by atoms with E-state index in [2.05, 4.69) is 10.6 Å². The zero-order chi connectivity index (χ0) is 12.2. The van der Waals surface area contributed by atoms with Crippen LogP contribution in [-0.4, -0.2) is 36.9 Å². The number of alkyl carbamates (subject to hydrolysis) is 1. The first-order chi connectivity index (χ1) is 7.40. The molecular weight excluding hydrogens is 206 g/mol. The molecule has 5 nitrogen and oxygen atoms in total. The van der Waals surface area contributed by atoms with Crippen molar-refractivity contribution in [2.45, 2.75) is 51.3 Å². The third-order valence-electron chi connectivity index (χ3n) is 2.44. The van der Waals surface area contributed by atoms with Gasteiger partial charge >= 0.3 is 6.09 Å². The van der Waals surface area contributed by atoms with Crippen molar-refractivity contribution in [1.82, 2.24) is 10.6 Å². The Labute approximate surface area is 97.1 Å². The van der Waals surface area contributed by atoms with Gasteiger partial charge in [0.2, 0.25) is 0 Å². The summed E-state index contributed by atoms with van der Waals surface area (Å²) in [5.41, 5.74) is 4.96. The zero-order valence-corrected chi connectivity index (χ0v) is 10.4. The van der Waals surface area contributed by atoms with Crippen LogP contribution in [0.25, 0.3) is 0 Å². The van der Waals surface area contributed by atoms with E-state index >= 15 is 0 Å². The van der Waals surface area contributed by atoms with Crippen molar-refractivity contribution in [3.05, 3.63) is 0 Å². The van der Waals surface area contributed by atoms with E-state index in [0.29, 0.717) is 12.6 Å². The Morgan fingerprint density at radius 1 is 1.38 bits per heavy atom. The fourth-order valence-electron chi connectivity index (χ4n) is 1.66. The Morgan fingerprint density at radius 3 is 2.50 bits per heavy atom. The topological polar surface area (TPSA) is 76.4 Å². The molecule has 4 N–H and O–H groups in total. The first-order valence-corrected chi connectivity index (χ1v) is 5.83. The number of carbonyl (C=O) groups is 1. The van der Waals surface area contributed by atoms with Crippen LogP contribution >= 0.6 is 0 Å². The van der Waals surface area contributed by atoms with Gasteiger partial charge in [-0.1, -0.05) is 0 Å². The molecule has 16 heavy (non-hydrogen) atoms. The van der Waals surface area contributed by atoms with Crippen molar-refractivity contribution in [1.29, 1.82) is 0 Å². The average molecular weight is 229 g/mol. The summed E-state index contributed by atoms with van der Waals surface area (Å²) < 4.78 is 5.17. The third-order valence-corrected chi connectivity index (χ3v) is 2.44. The van der Waals surface area contributed by atoms with Crippen molar-refractivity contribution in [3.8, 4) is 0 Å². The van der Waals surface area contributed by atoms with E-state index < -0.39 is 5.60 Å². The molecular formula is C11H23N3O2. The van der Waals surface area contributed by atoms with Crippen LogP contribution < -0.4 is 16.4 Å². The van der Waals surface area contributed by atoms with Gasteiger partial charge in [-0.3, -0.25) is 0 Å². The average Bonchev–Trinajstić information content (AvgIpc) is 2.05. The minimum Gasteiger partial charge on any atom is -0.444 e. The smallest absolute Gasteiger partial charge is 0.407 e. The first kappa shape index (κ1) is 13.3. The summed E-state index contributed by atoms with van der Waals surface area (Å²) in [5.74, 6) is 0. The molecule has 0 bridgehead atoms. The van der Waals surface area contributed by atoms with Gasteiger partial charge in [-0.15, -0.1) is 0 Å². The van der Waals surface area contributed by atoms with Crippen LogP contribution in [-0.2, 0) is 4.74 Å². The van der Waals surface area contributed by atoms with Crippen LogP contribution in [0.1, 0.15) is 33.6 Å². The molecule has 0 unspecified atom stereocenters. The second-order valence-corrected chi connectivity index (χ2v) is 5.25. The Morgan fingerprint density at radius 2 is 2.00 bits per heavy atom. The maximum atomic E-state index is 11.4. The summed E-state index contributed by atoms with van der Waals surface area (Å²) in [4.78, 5) is 11.4. The minimum atomic E-state index is -0.426. The highest BCUT2D eigenvalue weighted by molar-refractivity contribution is 5.68. The summed E-state index contributed by atoms with van der Waals surface area (Å²) >= 11 is 0. The number of carbonyl (C=O) groups excluding carboxylic acids is 1. The Hall–Kier alpha value is -0.810. The fourth-order valence-corrected chi connectivity index (χ4v) is 1.66. The van der Waals surface area contributed by atoms with E-state index in [1.54, 1.807) is 0 Å². The Balaban J connectivity index is 2.10. The van der Waals surface area contributed by atoms with Gasteiger partial charge in [0.05, 0.1) is 0 Å². The van der Waals surface area contributed by atoms with E-state index in [1.165, 1.54) is 0 Å². The Bertz CT molecular complexity index is 232. The molecule has 0 aromatic rings. The van der Waals surface area contributed by atoms with Crippen molar-refractivity contribution < 1.29 is 9.53 Å². The van der Waals surface area contributed by atoms with Crippen molar-refractivity contribution in [2.75, 3.05) is 13.1 Å². The number of hydrogen-bond acceptors (Lipinski definition) is 4. The number of rotatable bonds is 4. The predicted octanol–water partition coefficient (Wildman–Crippen LogP) is 0.590. The van der Waals surface area contributed by atoms with E-state index in [4.69, 9.17) is 10.5 Å². The normalized spacial score (nSPS) is 24.8. The summed E-state index contributed by atoms with van der Waals surface area (Å²) in [7, 11) is 0. The van der Waals surface area contributed by atoms with Gasteiger partial charge in [-0.2, -0.15) is 0 Å². The molecule has 1 fully saturated rings. The SMILES string of the molecule is CC(C)(C)OC(=O)NC1CC(NCCN)C1. The molecule has 0 saturated heterocycles. The minimum absolute atomic E-state index is 0.241. The first-order valence-electron chi connectivity index (χ1n) is 5.83. The molecule has 1 aliphatic rings. The molecule has 0 aromatic heterocycles. The maximum Gasteiger partial charge on any atom is 0.407 e. The molecule has 1 aliphatic carbocycles. The lowest BCUT2D eigenvalue weighted by atomic mass is 9.87. The lowest BCUT2D eigenvalue weighted by Crippen LogP contribution is -2.53. The summed E-state index contributed by atoms with van der Waals surface area (Å²) in [6, 6.07) is 0.730. The van der Waals surface area contributed by atoms with Crippen molar-refractivity contribution in [3.63, 3.8) is 0 Å². The van der Waals surface area contributed by atoms with Gasteiger partial charge in [0, 0.05) is 25.2 Å². The van der Waals surface area contributed by atoms with Crippen LogP contribution in [0.15, 0.2) is 0 Å². The summed E-state index contributed by atoms with van der Waals surface area (Å²) in [5, 5.41) is 6.15. The van der Waals surface area contributed by atoms with Gasteiger partial charge in [0.15, 0.2) is 0 Å².